The van der Waals surface area contributed by atoms with E-state index in [0.29, 0.717) is 24.9 Å². The number of hydrogen-bond acceptors (Lipinski definition) is 4. The van der Waals surface area contributed by atoms with Gasteiger partial charge in [-0.05, 0) is 26.8 Å². The van der Waals surface area contributed by atoms with Crippen LogP contribution in [0.2, 0.25) is 0 Å². The van der Waals surface area contributed by atoms with Crippen molar-refractivity contribution in [2.24, 2.45) is 4.99 Å². The molecule has 24 heavy (non-hydrogen) atoms. The fraction of sp³-hybridized carbons (Fsp3) is 0.412. The lowest BCUT2D eigenvalue weighted by atomic mass is 10.2. The first-order valence-electron chi connectivity index (χ1n) is 7.71. The zero-order valence-electron chi connectivity index (χ0n) is 14.5. The zero-order chi connectivity index (χ0) is 16.7. The molecule has 0 saturated carbocycles. The number of methoxy groups -OCH3 is 1. The van der Waals surface area contributed by atoms with Crippen LogP contribution in [0.25, 0.3) is 0 Å². The first kappa shape index (κ1) is 20.3. The normalized spacial score (nSPS) is 10.9. The quantitative estimate of drug-likeness (QED) is 0.407. The summed E-state index contributed by atoms with van der Waals surface area (Å²) in [6.07, 6.45) is 0. The van der Waals surface area contributed by atoms with E-state index in [1.807, 2.05) is 45.0 Å². The van der Waals surface area contributed by atoms with E-state index < -0.39 is 0 Å². The van der Waals surface area contributed by atoms with E-state index in [1.54, 1.807) is 7.11 Å². The van der Waals surface area contributed by atoms with E-state index in [-0.39, 0.29) is 24.0 Å². The number of nitrogens with zero attached hydrogens (tertiary/aromatic N) is 2. The number of rotatable bonds is 6. The summed E-state index contributed by atoms with van der Waals surface area (Å²) in [5.74, 6) is 3.05. The molecule has 7 heteroatoms. The molecule has 0 amide bonds. The average Bonchev–Trinajstić information content (AvgIpc) is 2.88. The van der Waals surface area contributed by atoms with Gasteiger partial charge in [-0.1, -0.05) is 18.2 Å². The molecule has 1 heterocycles. The van der Waals surface area contributed by atoms with Crippen LogP contribution in [0.3, 0.4) is 0 Å². The van der Waals surface area contributed by atoms with Crippen molar-refractivity contribution < 1.29 is 9.15 Å². The van der Waals surface area contributed by atoms with Gasteiger partial charge in [0.2, 0.25) is 5.89 Å². The van der Waals surface area contributed by atoms with Crippen LogP contribution in [0.15, 0.2) is 33.7 Å². The first-order valence-corrected chi connectivity index (χ1v) is 7.71. The molecule has 0 fully saturated rings. The molecule has 1 aromatic heterocycles. The van der Waals surface area contributed by atoms with Gasteiger partial charge in [0.1, 0.15) is 11.5 Å². The van der Waals surface area contributed by atoms with Gasteiger partial charge in [-0.25, -0.2) is 9.98 Å². The second kappa shape index (κ2) is 10.2. The fourth-order valence-electron chi connectivity index (χ4n) is 2.11. The van der Waals surface area contributed by atoms with Crippen molar-refractivity contribution in [3.63, 3.8) is 0 Å². The highest BCUT2D eigenvalue weighted by Crippen LogP contribution is 2.17. The Morgan fingerprint density at radius 1 is 1.25 bits per heavy atom. The molecule has 0 radical (unpaired) electrons. The van der Waals surface area contributed by atoms with Gasteiger partial charge in [-0.2, -0.15) is 0 Å². The summed E-state index contributed by atoms with van der Waals surface area (Å²) in [6.45, 7) is 7.67. The molecular weight excluding hydrogens is 419 g/mol. The summed E-state index contributed by atoms with van der Waals surface area (Å²) < 4.78 is 10.9. The molecule has 0 aliphatic carbocycles. The van der Waals surface area contributed by atoms with Gasteiger partial charge >= 0.3 is 0 Å². The maximum absolute atomic E-state index is 5.57. The summed E-state index contributed by atoms with van der Waals surface area (Å²) >= 11 is 0. The number of oxazole rings is 1. The second-order valence-electron chi connectivity index (χ2n) is 5.11. The molecule has 0 atom stereocenters. The third-order valence-corrected chi connectivity index (χ3v) is 3.42. The van der Waals surface area contributed by atoms with Gasteiger partial charge in [0.05, 0.1) is 25.9 Å². The van der Waals surface area contributed by atoms with Gasteiger partial charge in [0, 0.05) is 12.1 Å². The fourth-order valence-corrected chi connectivity index (χ4v) is 2.11. The van der Waals surface area contributed by atoms with E-state index in [2.05, 4.69) is 20.6 Å². The molecule has 0 aliphatic heterocycles. The number of aromatic nitrogens is 1. The predicted octanol–water partition coefficient (Wildman–Crippen LogP) is 3.17. The summed E-state index contributed by atoms with van der Waals surface area (Å²) in [5.41, 5.74) is 1.95. The van der Waals surface area contributed by atoms with E-state index in [0.717, 1.165) is 29.3 Å². The smallest absolute Gasteiger partial charge is 0.214 e. The number of nitrogens with one attached hydrogen (secondary N) is 2. The minimum atomic E-state index is 0. The maximum Gasteiger partial charge on any atom is 0.214 e. The van der Waals surface area contributed by atoms with Crippen molar-refractivity contribution in [3.05, 3.63) is 47.2 Å². The molecule has 0 saturated heterocycles. The van der Waals surface area contributed by atoms with Gasteiger partial charge in [0.15, 0.2) is 5.96 Å². The molecule has 0 unspecified atom stereocenters. The molecule has 2 N–H and O–H groups in total. The van der Waals surface area contributed by atoms with E-state index in [4.69, 9.17) is 9.15 Å². The standard InChI is InChI=1S/C17H24N4O2.HI/c1-5-18-17(20-11-16-21-12(2)13(3)23-16)19-10-14-8-6-7-9-15(14)22-4;/h6-9H,5,10-11H2,1-4H3,(H2,18,19,20);1H. The Balaban J connectivity index is 0.00000288. The van der Waals surface area contributed by atoms with E-state index in [9.17, 15) is 0 Å². The Morgan fingerprint density at radius 3 is 2.62 bits per heavy atom. The van der Waals surface area contributed by atoms with E-state index in [1.165, 1.54) is 0 Å². The molecule has 1 aromatic carbocycles. The van der Waals surface area contributed by atoms with Gasteiger partial charge in [0.25, 0.3) is 0 Å². The topological polar surface area (TPSA) is 71.7 Å². The van der Waals surface area contributed by atoms with Crippen LogP contribution in [0.4, 0.5) is 0 Å². The van der Waals surface area contributed by atoms with Crippen molar-refractivity contribution in [1.82, 2.24) is 15.6 Å². The van der Waals surface area contributed by atoms with E-state index >= 15 is 0 Å². The molecular formula is C17H25IN4O2. The van der Waals surface area contributed by atoms with Crippen LogP contribution in [0.5, 0.6) is 5.75 Å². The number of halogens is 1. The molecule has 0 aliphatic rings. The first-order chi connectivity index (χ1) is 11.1. The monoisotopic (exact) mass is 444 g/mol. The van der Waals surface area contributed by atoms with Crippen LogP contribution in [-0.4, -0.2) is 24.6 Å². The molecule has 6 nitrogen and oxygen atoms in total. The third-order valence-electron chi connectivity index (χ3n) is 3.42. The third kappa shape index (κ3) is 5.70. The highest BCUT2D eigenvalue weighted by atomic mass is 127. The lowest BCUT2D eigenvalue weighted by molar-refractivity contribution is 0.410. The average molecular weight is 444 g/mol. The van der Waals surface area contributed by atoms with Crippen molar-refractivity contribution in [3.8, 4) is 5.75 Å². The van der Waals surface area contributed by atoms with Gasteiger partial charge in [-0.3, -0.25) is 0 Å². The summed E-state index contributed by atoms with van der Waals surface area (Å²) in [7, 11) is 1.67. The number of benzene rings is 1. The maximum atomic E-state index is 5.57. The molecule has 2 rings (SSSR count). The van der Waals surface area contributed by atoms with Gasteiger partial charge in [-0.15, -0.1) is 24.0 Å². The van der Waals surface area contributed by atoms with Crippen molar-refractivity contribution >= 4 is 29.9 Å². The number of aliphatic imine (C=N–C) groups is 1. The van der Waals surface area contributed by atoms with Crippen molar-refractivity contribution in [1.29, 1.82) is 0 Å². The number of hydrogen-bond donors (Lipinski definition) is 2. The molecule has 132 valence electrons. The largest absolute Gasteiger partial charge is 0.496 e. The predicted molar refractivity (Wildman–Crippen MR) is 106 cm³/mol. The molecule has 0 bridgehead atoms. The SMILES string of the molecule is CCNC(=NCc1ccccc1OC)NCc1nc(C)c(C)o1.I. The Morgan fingerprint density at radius 2 is 2.00 bits per heavy atom. The lowest BCUT2D eigenvalue weighted by Gasteiger charge is -2.11. The molecule has 2 aromatic rings. The number of para-hydroxylation sites is 1. The second-order valence-corrected chi connectivity index (χ2v) is 5.11. The van der Waals surface area contributed by atoms with Crippen LogP contribution >= 0.6 is 24.0 Å². The summed E-state index contributed by atoms with van der Waals surface area (Å²) in [5, 5.41) is 6.44. The zero-order valence-corrected chi connectivity index (χ0v) is 16.9. The van der Waals surface area contributed by atoms with Crippen LogP contribution in [-0.2, 0) is 13.1 Å². The summed E-state index contributed by atoms with van der Waals surface area (Å²) in [6, 6.07) is 7.87. The Bertz CT molecular complexity index is 651. The number of guanidine groups is 1. The van der Waals surface area contributed by atoms with Crippen LogP contribution in [0.1, 0.15) is 29.8 Å². The molecule has 0 spiro atoms. The minimum absolute atomic E-state index is 0. The number of ether oxygens (including phenoxy) is 1. The Hall–Kier alpha value is -1.77. The number of aryl methyl sites for hydroxylation is 2. The van der Waals surface area contributed by atoms with Crippen LogP contribution in [0, 0.1) is 13.8 Å². The lowest BCUT2D eigenvalue weighted by Crippen LogP contribution is -2.36. The van der Waals surface area contributed by atoms with Crippen LogP contribution < -0.4 is 15.4 Å². The summed E-state index contributed by atoms with van der Waals surface area (Å²) in [4.78, 5) is 8.94. The van der Waals surface area contributed by atoms with Crippen molar-refractivity contribution in [2.75, 3.05) is 13.7 Å². The highest BCUT2D eigenvalue weighted by Gasteiger charge is 2.07. The van der Waals surface area contributed by atoms with Gasteiger partial charge < -0.3 is 19.8 Å². The van der Waals surface area contributed by atoms with Crippen molar-refractivity contribution in [2.45, 2.75) is 33.9 Å². The minimum Gasteiger partial charge on any atom is -0.496 e. The Kier molecular flexibility index (Phi) is 8.59. The Labute approximate surface area is 160 Å². The highest BCUT2D eigenvalue weighted by molar-refractivity contribution is 14.0.